The van der Waals surface area contributed by atoms with Crippen LogP contribution in [0.2, 0.25) is 0 Å². The summed E-state index contributed by atoms with van der Waals surface area (Å²) in [5.74, 6) is 0.998. The number of hydrogen-bond acceptors (Lipinski definition) is 2. The Morgan fingerprint density at radius 2 is 1.62 bits per heavy atom. The zero-order valence-corrected chi connectivity index (χ0v) is 10.6. The second kappa shape index (κ2) is 4.66. The Bertz CT molecular complexity index is 221. The Labute approximate surface area is 99.8 Å². The number of hydrogen-bond donors (Lipinski definition) is 1. The number of nitrogens with zero attached hydrogens (tertiary/aromatic N) is 1. The molecule has 2 heterocycles. The Morgan fingerprint density at radius 3 is 2.25 bits per heavy atom. The van der Waals surface area contributed by atoms with Crippen LogP contribution in [-0.2, 0) is 0 Å². The average Bonchev–Trinajstić information content (AvgIpc) is 2.84. The number of nitrogens with one attached hydrogen (secondary N) is 1. The van der Waals surface area contributed by atoms with E-state index in [1.807, 2.05) is 0 Å². The molecule has 2 unspecified atom stereocenters. The molecule has 1 aliphatic carbocycles. The van der Waals surface area contributed by atoms with Crippen molar-refractivity contribution in [2.75, 3.05) is 13.6 Å². The quantitative estimate of drug-likeness (QED) is 0.789. The second-order valence-corrected chi connectivity index (χ2v) is 6.28. The van der Waals surface area contributed by atoms with Gasteiger partial charge in [0.25, 0.3) is 0 Å². The lowest BCUT2D eigenvalue weighted by atomic mass is 9.97. The van der Waals surface area contributed by atoms with Crippen LogP contribution in [0.15, 0.2) is 0 Å². The molecule has 0 aromatic carbocycles. The largest absolute Gasteiger partial charge is 0.314 e. The molecule has 92 valence electrons. The van der Waals surface area contributed by atoms with Crippen LogP contribution in [0.4, 0.5) is 0 Å². The van der Waals surface area contributed by atoms with E-state index in [-0.39, 0.29) is 0 Å². The van der Waals surface area contributed by atoms with Crippen LogP contribution < -0.4 is 5.32 Å². The van der Waals surface area contributed by atoms with Crippen LogP contribution in [0.5, 0.6) is 0 Å². The predicted molar refractivity (Wildman–Crippen MR) is 67.6 cm³/mol. The number of fused-ring (bicyclic) bond motifs is 2. The Morgan fingerprint density at radius 1 is 1.00 bits per heavy atom. The minimum absolute atomic E-state index is 0.828. The van der Waals surface area contributed by atoms with Gasteiger partial charge in [-0.3, -0.25) is 0 Å². The van der Waals surface area contributed by atoms with E-state index in [9.17, 15) is 0 Å². The summed E-state index contributed by atoms with van der Waals surface area (Å²) in [6.45, 7) is 1.30. The van der Waals surface area contributed by atoms with Crippen LogP contribution >= 0.6 is 0 Å². The van der Waals surface area contributed by atoms with Gasteiger partial charge < -0.3 is 10.2 Å². The van der Waals surface area contributed by atoms with Crippen LogP contribution in [0, 0.1) is 5.92 Å². The molecule has 3 fully saturated rings. The molecule has 0 aromatic rings. The standard InChI is InChI=1S/C14H26N2/c1-16-13-6-7-14(16)9-12(8-13)15-10-11-4-2-3-5-11/h11-15H,2-10H2,1H3. The molecular formula is C14H26N2. The number of piperidine rings is 1. The van der Waals surface area contributed by atoms with E-state index in [1.54, 1.807) is 0 Å². The van der Waals surface area contributed by atoms with Gasteiger partial charge in [-0.2, -0.15) is 0 Å². The van der Waals surface area contributed by atoms with Crippen LogP contribution in [0.25, 0.3) is 0 Å². The maximum atomic E-state index is 3.86. The highest BCUT2D eigenvalue weighted by Gasteiger charge is 2.38. The lowest BCUT2D eigenvalue weighted by Crippen LogP contribution is -2.48. The SMILES string of the molecule is CN1C2CCC1CC(NCC1CCCC1)C2. The van der Waals surface area contributed by atoms with E-state index < -0.39 is 0 Å². The van der Waals surface area contributed by atoms with E-state index in [4.69, 9.17) is 0 Å². The maximum Gasteiger partial charge on any atom is 0.0111 e. The smallest absolute Gasteiger partial charge is 0.0111 e. The second-order valence-electron chi connectivity index (χ2n) is 6.28. The van der Waals surface area contributed by atoms with Crippen molar-refractivity contribution in [1.82, 2.24) is 10.2 Å². The summed E-state index contributed by atoms with van der Waals surface area (Å²) in [5.41, 5.74) is 0. The summed E-state index contributed by atoms with van der Waals surface area (Å²) in [4.78, 5) is 2.63. The van der Waals surface area contributed by atoms with Crippen LogP contribution in [-0.4, -0.2) is 36.6 Å². The first-order valence-corrected chi connectivity index (χ1v) is 7.28. The van der Waals surface area contributed by atoms with Crippen molar-refractivity contribution in [3.8, 4) is 0 Å². The normalized spacial score (nSPS) is 40.7. The first-order valence-electron chi connectivity index (χ1n) is 7.28. The average molecular weight is 222 g/mol. The van der Waals surface area contributed by atoms with Gasteiger partial charge >= 0.3 is 0 Å². The Balaban J connectivity index is 1.46. The van der Waals surface area contributed by atoms with E-state index in [0.717, 1.165) is 24.0 Å². The Hall–Kier alpha value is -0.0800. The first-order chi connectivity index (χ1) is 7.83. The molecule has 2 bridgehead atoms. The molecule has 0 spiro atoms. The van der Waals surface area contributed by atoms with E-state index in [1.165, 1.54) is 57.9 Å². The topological polar surface area (TPSA) is 15.3 Å². The minimum atomic E-state index is 0.828. The molecule has 2 atom stereocenters. The van der Waals surface area contributed by atoms with E-state index >= 15 is 0 Å². The maximum absolute atomic E-state index is 3.86. The van der Waals surface area contributed by atoms with Crippen molar-refractivity contribution >= 4 is 0 Å². The lowest BCUT2D eigenvalue weighted by molar-refractivity contribution is 0.146. The summed E-state index contributed by atoms with van der Waals surface area (Å²) in [6, 6.07) is 2.61. The fourth-order valence-corrected chi connectivity index (χ4v) is 4.13. The fraction of sp³-hybridized carbons (Fsp3) is 1.00. The van der Waals surface area contributed by atoms with Crippen molar-refractivity contribution in [3.05, 3.63) is 0 Å². The summed E-state index contributed by atoms with van der Waals surface area (Å²) in [7, 11) is 2.33. The minimum Gasteiger partial charge on any atom is -0.314 e. The monoisotopic (exact) mass is 222 g/mol. The van der Waals surface area contributed by atoms with E-state index in [0.29, 0.717) is 0 Å². The van der Waals surface area contributed by atoms with Crippen molar-refractivity contribution in [2.24, 2.45) is 5.92 Å². The zero-order chi connectivity index (χ0) is 11.0. The van der Waals surface area contributed by atoms with Gasteiger partial charge in [0.05, 0.1) is 0 Å². The van der Waals surface area contributed by atoms with Gasteiger partial charge in [-0.05, 0) is 58.0 Å². The molecular weight excluding hydrogens is 196 g/mol. The lowest BCUT2D eigenvalue weighted by Gasteiger charge is -2.37. The molecule has 16 heavy (non-hydrogen) atoms. The van der Waals surface area contributed by atoms with Gasteiger partial charge in [0.15, 0.2) is 0 Å². The third-order valence-corrected chi connectivity index (χ3v) is 5.27. The summed E-state index contributed by atoms with van der Waals surface area (Å²) in [5, 5.41) is 3.86. The third kappa shape index (κ3) is 2.14. The van der Waals surface area contributed by atoms with Crippen molar-refractivity contribution in [1.29, 1.82) is 0 Å². The molecule has 2 aliphatic heterocycles. The predicted octanol–water partition coefficient (Wildman–Crippen LogP) is 2.39. The van der Waals surface area contributed by atoms with Gasteiger partial charge in [-0.1, -0.05) is 12.8 Å². The zero-order valence-electron chi connectivity index (χ0n) is 10.6. The molecule has 0 radical (unpaired) electrons. The number of rotatable bonds is 3. The van der Waals surface area contributed by atoms with Gasteiger partial charge in [-0.15, -0.1) is 0 Å². The van der Waals surface area contributed by atoms with Crippen LogP contribution in [0.3, 0.4) is 0 Å². The molecule has 2 saturated heterocycles. The first kappa shape index (κ1) is 11.0. The summed E-state index contributed by atoms with van der Waals surface area (Å²) >= 11 is 0. The van der Waals surface area contributed by atoms with Crippen molar-refractivity contribution in [3.63, 3.8) is 0 Å². The molecule has 2 nitrogen and oxygen atoms in total. The summed E-state index contributed by atoms with van der Waals surface area (Å²) in [6.07, 6.45) is 11.6. The molecule has 0 aromatic heterocycles. The molecule has 1 saturated carbocycles. The van der Waals surface area contributed by atoms with Gasteiger partial charge in [0.2, 0.25) is 0 Å². The Kier molecular flexibility index (Phi) is 3.21. The van der Waals surface area contributed by atoms with Crippen molar-refractivity contribution in [2.45, 2.75) is 69.5 Å². The molecule has 0 amide bonds. The summed E-state index contributed by atoms with van der Waals surface area (Å²) < 4.78 is 0. The van der Waals surface area contributed by atoms with Crippen molar-refractivity contribution < 1.29 is 0 Å². The van der Waals surface area contributed by atoms with Gasteiger partial charge in [-0.25, -0.2) is 0 Å². The molecule has 3 aliphatic rings. The fourth-order valence-electron chi connectivity index (χ4n) is 4.13. The van der Waals surface area contributed by atoms with Gasteiger partial charge in [0, 0.05) is 18.1 Å². The highest BCUT2D eigenvalue weighted by atomic mass is 15.2. The highest BCUT2D eigenvalue weighted by Crippen LogP contribution is 2.34. The van der Waals surface area contributed by atoms with Crippen LogP contribution in [0.1, 0.15) is 51.4 Å². The van der Waals surface area contributed by atoms with Gasteiger partial charge in [0.1, 0.15) is 0 Å². The third-order valence-electron chi connectivity index (χ3n) is 5.27. The molecule has 3 rings (SSSR count). The van der Waals surface area contributed by atoms with E-state index in [2.05, 4.69) is 17.3 Å². The molecule has 1 N–H and O–H groups in total. The highest BCUT2D eigenvalue weighted by molar-refractivity contribution is 4.96. The molecule has 2 heteroatoms.